The van der Waals surface area contributed by atoms with Gasteiger partial charge in [-0.15, -0.1) is 0 Å². The van der Waals surface area contributed by atoms with Crippen molar-refractivity contribution in [1.82, 2.24) is 0 Å². The fourth-order valence-electron chi connectivity index (χ4n) is 3.29. The van der Waals surface area contributed by atoms with E-state index in [0.29, 0.717) is 30.1 Å². The van der Waals surface area contributed by atoms with E-state index in [0.717, 1.165) is 16.7 Å². The van der Waals surface area contributed by atoms with Crippen LogP contribution in [-0.2, 0) is 21.2 Å². The number of anilines is 2. The van der Waals surface area contributed by atoms with Gasteiger partial charge >= 0.3 is 0 Å². The molecular formula is C26H30N2O3S. The van der Waals surface area contributed by atoms with Crippen molar-refractivity contribution in [2.75, 3.05) is 10.0 Å². The van der Waals surface area contributed by atoms with Crippen LogP contribution in [0.25, 0.3) is 0 Å². The summed E-state index contributed by atoms with van der Waals surface area (Å²) in [5.41, 5.74) is 5.59. The van der Waals surface area contributed by atoms with E-state index < -0.39 is 10.0 Å². The van der Waals surface area contributed by atoms with Gasteiger partial charge in [0.25, 0.3) is 10.0 Å². The molecular weight excluding hydrogens is 420 g/mol. The molecule has 3 aromatic carbocycles. The van der Waals surface area contributed by atoms with Crippen LogP contribution in [-0.4, -0.2) is 14.3 Å². The molecule has 0 heterocycles. The quantitative estimate of drug-likeness (QED) is 0.455. The number of sulfonamides is 1. The van der Waals surface area contributed by atoms with Crippen LogP contribution in [0.15, 0.2) is 71.6 Å². The topological polar surface area (TPSA) is 75.3 Å². The SMILES string of the molecule is Cc1ccc(NS(=O)(=O)c2ccc(NC(=O)CCc3ccc(C(C)C)cc3)cc2)cc1C. The van der Waals surface area contributed by atoms with Gasteiger partial charge < -0.3 is 5.32 Å². The summed E-state index contributed by atoms with van der Waals surface area (Å²) >= 11 is 0. The molecule has 0 atom stereocenters. The molecule has 0 aromatic heterocycles. The minimum atomic E-state index is -3.71. The third-order valence-corrected chi connectivity index (χ3v) is 6.89. The molecule has 0 unspecified atom stereocenters. The Morgan fingerprint density at radius 3 is 2.06 bits per heavy atom. The number of hydrogen-bond donors (Lipinski definition) is 2. The van der Waals surface area contributed by atoms with Crippen molar-refractivity contribution >= 4 is 27.3 Å². The van der Waals surface area contributed by atoms with Crippen molar-refractivity contribution in [2.45, 2.75) is 51.3 Å². The zero-order valence-electron chi connectivity index (χ0n) is 19.0. The summed E-state index contributed by atoms with van der Waals surface area (Å²) in [6.07, 6.45) is 1.01. The molecule has 0 radical (unpaired) electrons. The van der Waals surface area contributed by atoms with Gasteiger partial charge in [0.2, 0.25) is 5.91 Å². The van der Waals surface area contributed by atoms with Gasteiger partial charge in [-0.25, -0.2) is 8.42 Å². The van der Waals surface area contributed by atoms with Crippen LogP contribution in [0.4, 0.5) is 11.4 Å². The van der Waals surface area contributed by atoms with Gasteiger partial charge in [-0.3, -0.25) is 9.52 Å². The molecule has 3 aromatic rings. The first-order chi connectivity index (χ1) is 15.1. The summed E-state index contributed by atoms with van der Waals surface area (Å²) in [5.74, 6) is 0.372. The van der Waals surface area contributed by atoms with Crippen molar-refractivity contribution in [2.24, 2.45) is 0 Å². The van der Waals surface area contributed by atoms with Gasteiger partial charge in [0.15, 0.2) is 0 Å². The van der Waals surface area contributed by atoms with E-state index in [9.17, 15) is 13.2 Å². The Bertz CT molecular complexity index is 1180. The fraction of sp³-hybridized carbons (Fsp3) is 0.269. The molecule has 6 heteroatoms. The highest BCUT2D eigenvalue weighted by atomic mass is 32.2. The second-order valence-electron chi connectivity index (χ2n) is 8.37. The summed E-state index contributed by atoms with van der Waals surface area (Å²) in [4.78, 5) is 12.4. The van der Waals surface area contributed by atoms with E-state index in [-0.39, 0.29) is 10.8 Å². The molecule has 5 nitrogen and oxygen atoms in total. The number of benzene rings is 3. The average molecular weight is 451 g/mol. The van der Waals surface area contributed by atoms with E-state index in [1.54, 1.807) is 24.3 Å². The lowest BCUT2D eigenvalue weighted by molar-refractivity contribution is -0.116. The Hall–Kier alpha value is -3.12. The van der Waals surface area contributed by atoms with Crippen LogP contribution in [0, 0.1) is 13.8 Å². The third-order valence-electron chi connectivity index (χ3n) is 5.49. The molecule has 0 saturated heterocycles. The van der Waals surface area contributed by atoms with Crippen LogP contribution in [0.5, 0.6) is 0 Å². The summed E-state index contributed by atoms with van der Waals surface area (Å²) in [6.45, 7) is 8.21. The van der Waals surface area contributed by atoms with Gasteiger partial charge in [0.1, 0.15) is 0 Å². The highest BCUT2D eigenvalue weighted by Gasteiger charge is 2.15. The number of carbonyl (C=O) groups is 1. The molecule has 0 aliphatic heterocycles. The Kier molecular flexibility index (Phi) is 7.36. The molecule has 0 spiro atoms. The van der Waals surface area contributed by atoms with Crippen molar-refractivity contribution in [3.63, 3.8) is 0 Å². The first-order valence-electron chi connectivity index (χ1n) is 10.7. The normalized spacial score (nSPS) is 11.4. The highest BCUT2D eigenvalue weighted by molar-refractivity contribution is 7.92. The summed E-state index contributed by atoms with van der Waals surface area (Å²) in [6, 6.07) is 19.9. The number of aryl methyl sites for hydroxylation is 3. The molecule has 0 fully saturated rings. The minimum Gasteiger partial charge on any atom is -0.326 e. The summed E-state index contributed by atoms with van der Waals surface area (Å²) in [5, 5.41) is 2.83. The summed E-state index contributed by atoms with van der Waals surface area (Å²) < 4.78 is 27.9. The number of rotatable bonds is 8. The standard InChI is InChI=1S/C26H30N2O3S/c1-18(2)22-9-6-21(7-10-22)8-16-26(29)27-23-12-14-25(15-13-23)32(30,31)28-24-11-5-19(3)20(4)17-24/h5-7,9-15,17-18,28H,8,16H2,1-4H3,(H,27,29). The maximum atomic E-state index is 12.7. The molecule has 32 heavy (non-hydrogen) atoms. The first kappa shape index (κ1) is 23.5. The number of hydrogen-bond acceptors (Lipinski definition) is 3. The van der Waals surface area contributed by atoms with Gasteiger partial charge in [0.05, 0.1) is 4.90 Å². The van der Waals surface area contributed by atoms with Gasteiger partial charge in [0, 0.05) is 17.8 Å². The van der Waals surface area contributed by atoms with Crippen LogP contribution in [0.1, 0.15) is 48.4 Å². The lowest BCUT2D eigenvalue weighted by Crippen LogP contribution is -2.14. The second-order valence-corrected chi connectivity index (χ2v) is 10.1. The van der Waals surface area contributed by atoms with Crippen molar-refractivity contribution in [3.8, 4) is 0 Å². The molecule has 0 aliphatic rings. The number of amides is 1. The van der Waals surface area contributed by atoms with Crippen LogP contribution in [0.2, 0.25) is 0 Å². The van der Waals surface area contributed by atoms with Gasteiger partial charge in [-0.1, -0.05) is 44.2 Å². The molecule has 2 N–H and O–H groups in total. The molecule has 0 saturated carbocycles. The Morgan fingerprint density at radius 2 is 1.47 bits per heavy atom. The highest BCUT2D eigenvalue weighted by Crippen LogP contribution is 2.21. The number of nitrogens with one attached hydrogen (secondary N) is 2. The fourth-order valence-corrected chi connectivity index (χ4v) is 4.34. The van der Waals surface area contributed by atoms with E-state index >= 15 is 0 Å². The van der Waals surface area contributed by atoms with Crippen LogP contribution < -0.4 is 10.0 Å². The predicted octanol–water partition coefficient (Wildman–Crippen LogP) is 5.80. The Morgan fingerprint density at radius 1 is 0.844 bits per heavy atom. The predicted molar refractivity (Wildman–Crippen MR) is 131 cm³/mol. The minimum absolute atomic E-state index is 0.109. The van der Waals surface area contributed by atoms with Gasteiger partial charge in [-0.2, -0.15) is 0 Å². The molecule has 0 aliphatic carbocycles. The average Bonchev–Trinajstić information content (AvgIpc) is 2.75. The zero-order chi connectivity index (χ0) is 23.3. The van der Waals surface area contributed by atoms with E-state index in [2.05, 4.69) is 48.2 Å². The lowest BCUT2D eigenvalue weighted by atomic mass is 10.0. The van der Waals surface area contributed by atoms with E-state index in [1.807, 2.05) is 19.9 Å². The molecule has 3 rings (SSSR count). The largest absolute Gasteiger partial charge is 0.326 e. The van der Waals surface area contributed by atoms with Gasteiger partial charge in [-0.05, 0) is 84.8 Å². The Balaban J connectivity index is 1.57. The zero-order valence-corrected chi connectivity index (χ0v) is 19.8. The van der Waals surface area contributed by atoms with Crippen molar-refractivity contribution in [3.05, 3.63) is 89.0 Å². The van der Waals surface area contributed by atoms with Crippen molar-refractivity contribution < 1.29 is 13.2 Å². The van der Waals surface area contributed by atoms with Crippen molar-refractivity contribution in [1.29, 1.82) is 0 Å². The monoisotopic (exact) mass is 450 g/mol. The first-order valence-corrected chi connectivity index (χ1v) is 12.2. The van der Waals surface area contributed by atoms with E-state index in [1.165, 1.54) is 17.7 Å². The molecule has 0 bridgehead atoms. The lowest BCUT2D eigenvalue weighted by Gasteiger charge is -2.11. The number of carbonyl (C=O) groups excluding carboxylic acids is 1. The smallest absolute Gasteiger partial charge is 0.261 e. The Labute approximate surface area is 190 Å². The van der Waals surface area contributed by atoms with E-state index in [4.69, 9.17) is 0 Å². The maximum absolute atomic E-state index is 12.7. The molecule has 168 valence electrons. The second kappa shape index (κ2) is 10.0. The summed E-state index contributed by atoms with van der Waals surface area (Å²) in [7, 11) is -3.71. The third kappa shape index (κ3) is 6.20. The van der Waals surface area contributed by atoms with Crippen LogP contribution in [0.3, 0.4) is 0 Å². The molecule has 1 amide bonds. The maximum Gasteiger partial charge on any atom is 0.261 e. The van der Waals surface area contributed by atoms with Crippen LogP contribution >= 0.6 is 0 Å².